The molecule has 0 bridgehead atoms. The highest BCUT2D eigenvalue weighted by Gasteiger charge is 2.57. The minimum Gasteiger partial charge on any atom is -0.508 e. The molecule has 2 unspecified atom stereocenters. The maximum Gasteiger partial charge on any atom is 0.115 e. The number of benzene rings is 3. The molecule has 3 N–H and O–H groups in total. The molecule has 0 radical (unpaired) electrons. The highest BCUT2D eigenvalue weighted by Crippen LogP contribution is 2.52. The Balaban J connectivity index is 1.40. The van der Waals surface area contributed by atoms with Crippen LogP contribution in [0.25, 0.3) is 10.9 Å². The number of rotatable bonds is 4. The quantitative estimate of drug-likeness (QED) is 0.342. The summed E-state index contributed by atoms with van der Waals surface area (Å²) in [7, 11) is 0. The van der Waals surface area contributed by atoms with Gasteiger partial charge in [0.15, 0.2) is 0 Å². The summed E-state index contributed by atoms with van der Waals surface area (Å²) < 4.78 is 1.05. The molecule has 2 atom stereocenters. The maximum absolute atomic E-state index is 12.5. The van der Waals surface area contributed by atoms with Gasteiger partial charge in [0.1, 0.15) is 5.75 Å². The van der Waals surface area contributed by atoms with Gasteiger partial charge < -0.3 is 20.1 Å². The molecular weight excluding hydrogens is 488 g/mol. The number of likely N-dealkylation sites (tertiary alicyclic amines) is 1. The number of H-pyrrole nitrogens is 1. The third-order valence-electron chi connectivity index (χ3n) is 8.09. The van der Waals surface area contributed by atoms with Crippen LogP contribution in [-0.4, -0.2) is 45.3 Å². The minimum atomic E-state index is -0.930. The first kappa shape index (κ1) is 21.9. The molecule has 174 valence electrons. The molecule has 0 spiro atoms. The summed E-state index contributed by atoms with van der Waals surface area (Å²) in [6.45, 7) is 2.47. The highest BCUT2D eigenvalue weighted by atomic mass is 79.9. The van der Waals surface area contributed by atoms with Crippen molar-refractivity contribution in [3.05, 3.63) is 99.7 Å². The summed E-state index contributed by atoms with van der Waals surface area (Å²) in [4.78, 5) is 6.07. The first-order valence-electron chi connectivity index (χ1n) is 12.0. The molecule has 0 saturated carbocycles. The van der Waals surface area contributed by atoms with Crippen LogP contribution in [0.15, 0.2) is 77.3 Å². The van der Waals surface area contributed by atoms with Gasteiger partial charge in [-0.2, -0.15) is 0 Å². The molecule has 6 rings (SSSR count). The third kappa shape index (κ3) is 3.58. The number of phenolic OH excluding ortho intramolecular Hbond substituents is 1. The SMILES string of the molecule is Oc1cccc(C23CCN(CCc4ccccc4)CC2(O)Cc2c([nH]c4ccc(Br)cc24)C3)c1. The van der Waals surface area contributed by atoms with E-state index < -0.39 is 11.0 Å². The molecule has 2 aliphatic rings. The smallest absolute Gasteiger partial charge is 0.115 e. The number of hydrogen-bond acceptors (Lipinski definition) is 3. The molecule has 1 fully saturated rings. The molecule has 4 aromatic rings. The molecule has 34 heavy (non-hydrogen) atoms. The Kier molecular flexibility index (Phi) is 5.32. The average molecular weight is 517 g/mol. The highest BCUT2D eigenvalue weighted by molar-refractivity contribution is 9.10. The van der Waals surface area contributed by atoms with Crippen molar-refractivity contribution in [2.45, 2.75) is 36.7 Å². The topological polar surface area (TPSA) is 59.5 Å². The Morgan fingerprint density at radius 1 is 0.971 bits per heavy atom. The fourth-order valence-electron chi connectivity index (χ4n) is 6.32. The summed E-state index contributed by atoms with van der Waals surface area (Å²) in [6.07, 6.45) is 3.15. The Morgan fingerprint density at radius 3 is 2.65 bits per heavy atom. The van der Waals surface area contributed by atoms with Gasteiger partial charge in [-0.25, -0.2) is 0 Å². The number of phenols is 1. The number of aliphatic hydroxyl groups is 1. The largest absolute Gasteiger partial charge is 0.508 e. The van der Waals surface area contributed by atoms with Crippen molar-refractivity contribution >= 4 is 26.8 Å². The van der Waals surface area contributed by atoms with E-state index in [0.717, 1.165) is 47.9 Å². The number of fused-ring (bicyclic) bond motifs is 4. The normalized spacial score (nSPS) is 24.6. The molecule has 3 aromatic carbocycles. The van der Waals surface area contributed by atoms with E-state index in [4.69, 9.17) is 0 Å². The summed E-state index contributed by atoms with van der Waals surface area (Å²) in [5, 5.41) is 24.0. The Morgan fingerprint density at radius 2 is 1.82 bits per heavy atom. The summed E-state index contributed by atoms with van der Waals surface area (Å²) in [5.74, 6) is 0.257. The Hall–Kier alpha value is -2.60. The van der Waals surface area contributed by atoms with E-state index in [2.05, 4.69) is 80.4 Å². The summed E-state index contributed by atoms with van der Waals surface area (Å²) in [6, 6.07) is 24.4. The van der Waals surface area contributed by atoms with E-state index >= 15 is 0 Å². The van der Waals surface area contributed by atoms with Crippen molar-refractivity contribution in [2.24, 2.45) is 0 Å². The van der Waals surface area contributed by atoms with Crippen molar-refractivity contribution in [2.75, 3.05) is 19.6 Å². The van der Waals surface area contributed by atoms with E-state index in [-0.39, 0.29) is 5.75 Å². The average Bonchev–Trinajstić information content (AvgIpc) is 3.17. The second-order valence-electron chi connectivity index (χ2n) is 10.1. The van der Waals surface area contributed by atoms with Crippen LogP contribution in [0.1, 0.15) is 28.8 Å². The molecule has 1 aliphatic heterocycles. The van der Waals surface area contributed by atoms with Gasteiger partial charge in [0.05, 0.1) is 5.60 Å². The zero-order chi connectivity index (χ0) is 23.3. The van der Waals surface area contributed by atoms with Gasteiger partial charge >= 0.3 is 0 Å². The monoisotopic (exact) mass is 516 g/mol. The molecule has 0 amide bonds. The predicted molar refractivity (Wildman–Crippen MR) is 139 cm³/mol. The summed E-state index contributed by atoms with van der Waals surface area (Å²) in [5.41, 5.74) is 4.52. The molecular formula is C29H29BrN2O2. The van der Waals surface area contributed by atoms with Gasteiger partial charge in [-0.1, -0.05) is 58.4 Å². The number of β-amino-alcohol motifs (C(OH)–C–C–N with tert-alkyl or cyclic N) is 1. The van der Waals surface area contributed by atoms with E-state index in [1.54, 1.807) is 6.07 Å². The molecule has 5 heteroatoms. The number of hydrogen-bond donors (Lipinski definition) is 3. The lowest BCUT2D eigenvalue weighted by Gasteiger charge is -2.56. The van der Waals surface area contributed by atoms with Crippen molar-refractivity contribution < 1.29 is 10.2 Å². The van der Waals surface area contributed by atoms with E-state index in [9.17, 15) is 10.2 Å². The standard InChI is InChI=1S/C29H29BrN2O2/c30-22-9-10-26-24(16-22)25-17-29(34)19-32(13-11-20-5-2-1-3-6-20)14-12-28(29,18-27(25)31-26)21-7-4-8-23(33)15-21/h1-10,15-16,31,33-34H,11-14,17-19H2. The van der Waals surface area contributed by atoms with Crippen LogP contribution in [0.4, 0.5) is 0 Å². The fourth-order valence-corrected chi connectivity index (χ4v) is 6.69. The zero-order valence-electron chi connectivity index (χ0n) is 19.1. The number of piperidine rings is 1. The van der Waals surface area contributed by atoms with E-state index in [0.29, 0.717) is 13.0 Å². The van der Waals surface area contributed by atoms with Gasteiger partial charge in [0, 0.05) is 52.4 Å². The Bertz CT molecular complexity index is 1350. The number of halogens is 1. The minimum absolute atomic E-state index is 0.257. The number of aromatic hydroxyl groups is 1. The van der Waals surface area contributed by atoms with Crippen LogP contribution in [-0.2, 0) is 24.7 Å². The lowest BCUT2D eigenvalue weighted by Crippen LogP contribution is -2.66. The van der Waals surface area contributed by atoms with Gasteiger partial charge in [0.2, 0.25) is 0 Å². The van der Waals surface area contributed by atoms with Gasteiger partial charge in [-0.05, 0) is 66.4 Å². The van der Waals surface area contributed by atoms with Gasteiger partial charge in [-0.3, -0.25) is 0 Å². The fraction of sp³-hybridized carbons (Fsp3) is 0.310. The molecule has 2 heterocycles. The second-order valence-corrected chi connectivity index (χ2v) is 11.0. The summed E-state index contributed by atoms with van der Waals surface area (Å²) >= 11 is 3.62. The molecule has 1 saturated heterocycles. The molecule has 1 aromatic heterocycles. The van der Waals surface area contributed by atoms with E-state index in [1.807, 2.05) is 12.1 Å². The van der Waals surface area contributed by atoms with Crippen LogP contribution in [0, 0.1) is 0 Å². The van der Waals surface area contributed by atoms with Crippen molar-refractivity contribution in [3.63, 3.8) is 0 Å². The second kappa shape index (κ2) is 8.26. The van der Waals surface area contributed by atoms with Crippen LogP contribution in [0.5, 0.6) is 5.75 Å². The maximum atomic E-state index is 12.5. The van der Waals surface area contributed by atoms with Crippen LogP contribution in [0.3, 0.4) is 0 Å². The van der Waals surface area contributed by atoms with Crippen molar-refractivity contribution in [1.29, 1.82) is 0 Å². The van der Waals surface area contributed by atoms with E-state index in [1.165, 1.54) is 22.2 Å². The lowest BCUT2D eigenvalue weighted by molar-refractivity contribution is -0.102. The van der Waals surface area contributed by atoms with Gasteiger partial charge in [0.25, 0.3) is 0 Å². The Labute approximate surface area is 208 Å². The van der Waals surface area contributed by atoms with Crippen LogP contribution >= 0.6 is 15.9 Å². The molecule has 1 aliphatic carbocycles. The predicted octanol–water partition coefficient (Wildman–Crippen LogP) is 5.35. The number of nitrogens with zero attached hydrogens (tertiary/aromatic N) is 1. The van der Waals surface area contributed by atoms with Gasteiger partial charge in [-0.15, -0.1) is 0 Å². The van der Waals surface area contributed by atoms with Crippen LogP contribution < -0.4 is 0 Å². The molecule has 4 nitrogen and oxygen atoms in total. The van der Waals surface area contributed by atoms with Crippen molar-refractivity contribution in [3.8, 4) is 5.75 Å². The lowest BCUT2D eigenvalue weighted by atomic mass is 9.56. The van der Waals surface area contributed by atoms with Crippen molar-refractivity contribution in [1.82, 2.24) is 9.88 Å². The third-order valence-corrected chi connectivity index (χ3v) is 8.59. The van der Waals surface area contributed by atoms with Crippen LogP contribution in [0.2, 0.25) is 0 Å². The number of aromatic nitrogens is 1. The first-order valence-corrected chi connectivity index (χ1v) is 12.8. The number of aromatic amines is 1. The zero-order valence-corrected chi connectivity index (χ0v) is 20.7. The number of nitrogens with one attached hydrogen (secondary N) is 1. The first-order chi connectivity index (χ1) is 16.5.